The third kappa shape index (κ3) is 2.00. The molecule has 2 nitrogen and oxygen atoms in total. The molecule has 0 atom stereocenters. The molecule has 0 radical (unpaired) electrons. The minimum atomic E-state index is -0.0740. The summed E-state index contributed by atoms with van der Waals surface area (Å²) in [5, 5.41) is 1.22. The van der Waals surface area contributed by atoms with Crippen LogP contribution in [0.5, 0.6) is 0 Å². The van der Waals surface area contributed by atoms with Crippen LogP contribution < -0.4 is 5.43 Å². The zero-order chi connectivity index (χ0) is 11.0. The first-order valence-electron chi connectivity index (χ1n) is 4.09. The van der Waals surface area contributed by atoms with E-state index in [2.05, 4.69) is 22.6 Å². The Labute approximate surface area is 109 Å². The average molecular weight is 355 g/mol. The Kier molecular flexibility index (Phi) is 3.23. The highest BCUT2D eigenvalue weighted by Gasteiger charge is 2.09. The van der Waals surface area contributed by atoms with Crippen LogP contribution in [0, 0.1) is 0 Å². The largest absolute Gasteiger partial charge is 0.462 e. The van der Waals surface area contributed by atoms with E-state index in [-0.39, 0.29) is 5.43 Å². The van der Waals surface area contributed by atoms with Crippen LogP contribution in [0.4, 0.5) is 0 Å². The van der Waals surface area contributed by atoms with Crippen LogP contribution in [-0.2, 0) is 4.43 Å². The van der Waals surface area contributed by atoms with Gasteiger partial charge in [0.25, 0.3) is 0 Å². The summed E-state index contributed by atoms with van der Waals surface area (Å²) in [7, 11) is 0. The van der Waals surface area contributed by atoms with Gasteiger partial charge in [-0.15, -0.1) is 0 Å². The lowest BCUT2D eigenvalue weighted by molar-refractivity contribution is 0.597. The van der Waals surface area contributed by atoms with Gasteiger partial charge < -0.3 is 4.42 Å². The topological polar surface area (TPSA) is 30.2 Å². The van der Waals surface area contributed by atoms with E-state index >= 15 is 0 Å². The highest BCUT2D eigenvalue weighted by atomic mass is 127. The van der Waals surface area contributed by atoms with Crippen molar-refractivity contribution >= 4 is 56.8 Å². The Hall–Kier alpha value is -0.260. The van der Waals surface area contributed by atoms with Crippen molar-refractivity contribution in [3.8, 4) is 0 Å². The third-order valence-corrected chi connectivity index (χ3v) is 3.33. The van der Waals surface area contributed by atoms with E-state index in [1.807, 2.05) is 0 Å². The van der Waals surface area contributed by atoms with E-state index in [4.69, 9.17) is 27.6 Å². The predicted molar refractivity (Wildman–Crippen MR) is 70.2 cm³/mol. The first kappa shape index (κ1) is 11.2. The predicted octanol–water partition coefficient (Wildman–Crippen LogP) is 4.03. The fraction of sp³-hybridized carbons (Fsp3) is 0.100. The molecule has 2 aromatic rings. The van der Waals surface area contributed by atoms with Crippen molar-refractivity contribution in [1.82, 2.24) is 0 Å². The summed E-state index contributed by atoms with van der Waals surface area (Å²) in [6.07, 6.45) is 1.44. The maximum absolute atomic E-state index is 11.9. The highest BCUT2D eigenvalue weighted by Crippen LogP contribution is 2.26. The molecule has 0 spiro atoms. The van der Waals surface area contributed by atoms with Crippen molar-refractivity contribution in [3.05, 3.63) is 44.2 Å². The second-order valence-electron chi connectivity index (χ2n) is 2.99. The molecule has 0 aliphatic heterocycles. The van der Waals surface area contributed by atoms with Gasteiger partial charge in [-0.1, -0.05) is 45.8 Å². The van der Waals surface area contributed by atoms with E-state index in [1.54, 1.807) is 12.1 Å². The third-order valence-electron chi connectivity index (χ3n) is 2.01. The van der Waals surface area contributed by atoms with Crippen LogP contribution in [0.25, 0.3) is 11.0 Å². The van der Waals surface area contributed by atoms with E-state index in [0.29, 0.717) is 31.0 Å². The minimum absolute atomic E-state index is 0.0740. The number of fused-ring (bicyclic) bond motifs is 1. The van der Waals surface area contributed by atoms with E-state index in [1.165, 1.54) is 6.26 Å². The van der Waals surface area contributed by atoms with Gasteiger partial charge in [0, 0.05) is 15.0 Å². The fourth-order valence-electron chi connectivity index (χ4n) is 1.30. The normalized spacial score (nSPS) is 10.9. The molecule has 78 valence electrons. The Morgan fingerprint density at radius 2 is 2.07 bits per heavy atom. The van der Waals surface area contributed by atoms with Gasteiger partial charge in [-0.3, -0.25) is 4.79 Å². The standard InChI is InChI=1S/C10H5Cl2IO2/c11-6-1-7-9(14)5(3-13)4-15-10(7)8(12)2-6/h1-2,4H,3H2. The molecule has 1 aromatic heterocycles. The van der Waals surface area contributed by atoms with Gasteiger partial charge in [0.15, 0.2) is 11.0 Å². The van der Waals surface area contributed by atoms with Gasteiger partial charge in [-0.05, 0) is 12.1 Å². The summed E-state index contributed by atoms with van der Waals surface area (Å²) in [6.45, 7) is 0. The molecule has 5 heteroatoms. The molecule has 1 heterocycles. The van der Waals surface area contributed by atoms with E-state index in [9.17, 15) is 4.79 Å². The summed E-state index contributed by atoms with van der Waals surface area (Å²) in [5.74, 6) is 0. The molecule has 0 saturated carbocycles. The second kappa shape index (κ2) is 4.31. The summed E-state index contributed by atoms with van der Waals surface area (Å²) in [6, 6.07) is 3.13. The number of rotatable bonds is 1. The van der Waals surface area contributed by atoms with Crippen LogP contribution in [0.3, 0.4) is 0 Å². The van der Waals surface area contributed by atoms with Gasteiger partial charge >= 0.3 is 0 Å². The first-order valence-corrected chi connectivity index (χ1v) is 6.37. The van der Waals surface area contributed by atoms with Crippen LogP contribution in [-0.4, -0.2) is 0 Å². The molecular weight excluding hydrogens is 350 g/mol. The molecule has 0 bridgehead atoms. The van der Waals surface area contributed by atoms with Crippen LogP contribution in [0.2, 0.25) is 10.0 Å². The van der Waals surface area contributed by atoms with Gasteiger partial charge in [-0.2, -0.15) is 0 Å². The van der Waals surface area contributed by atoms with Gasteiger partial charge in [0.1, 0.15) is 0 Å². The molecule has 0 aliphatic carbocycles. The monoisotopic (exact) mass is 354 g/mol. The first-order chi connectivity index (χ1) is 7.13. The second-order valence-corrected chi connectivity index (χ2v) is 4.59. The van der Waals surface area contributed by atoms with E-state index in [0.717, 1.165) is 0 Å². The number of halogens is 3. The summed E-state index contributed by atoms with van der Waals surface area (Å²) in [5.41, 5.74) is 0.927. The molecule has 0 amide bonds. The molecule has 0 N–H and O–H groups in total. The lowest BCUT2D eigenvalue weighted by Gasteiger charge is -2.01. The fourth-order valence-corrected chi connectivity index (χ4v) is 2.36. The minimum Gasteiger partial charge on any atom is -0.462 e. The van der Waals surface area contributed by atoms with Gasteiger partial charge in [-0.25, -0.2) is 0 Å². The summed E-state index contributed by atoms with van der Waals surface area (Å²) in [4.78, 5) is 11.9. The van der Waals surface area contributed by atoms with Crippen molar-refractivity contribution in [2.75, 3.05) is 0 Å². The average Bonchev–Trinajstić information content (AvgIpc) is 2.19. The molecule has 0 saturated heterocycles. The molecule has 1 aromatic carbocycles. The van der Waals surface area contributed by atoms with Crippen molar-refractivity contribution in [3.63, 3.8) is 0 Å². The smallest absolute Gasteiger partial charge is 0.196 e. The molecule has 0 unspecified atom stereocenters. The van der Waals surface area contributed by atoms with Gasteiger partial charge in [0.2, 0.25) is 0 Å². The van der Waals surface area contributed by atoms with E-state index < -0.39 is 0 Å². The highest BCUT2D eigenvalue weighted by molar-refractivity contribution is 14.1. The van der Waals surface area contributed by atoms with Crippen molar-refractivity contribution < 1.29 is 4.42 Å². The van der Waals surface area contributed by atoms with Crippen molar-refractivity contribution in [2.24, 2.45) is 0 Å². The van der Waals surface area contributed by atoms with Crippen LogP contribution in [0.1, 0.15) is 5.56 Å². The Morgan fingerprint density at radius 3 is 2.73 bits per heavy atom. The van der Waals surface area contributed by atoms with Gasteiger partial charge in [0.05, 0.1) is 16.7 Å². The molecule has 0 aliphatic rings. The Morgan fingerprint density at radius 1 is 1.33 bits per heavy atom. The molecule has 0 fully saturated rings. The number of benzene rings is 1. The lowest BCUT2D eigenvalue weighted by atomic mass is 10.2. The maximum atomic E-state index is 11.9. The number of alkyl halides is 1. The zero-order valence-corrected chi connectivity index (χ0v) is 11.1. The summed E-state index contributed by atoms with van der Waals surface area (Å²) < 4.78 is 5.90. The molecule has 15 heavy (non-hydrogen) atoms. The quantitative estimate of drug-likeness (QED) is 0.571. The summed E-state index contributed by atoms with van der Waals surface area (Å²) >= 11 is 13.8. The zero-order valence-electron chi connectivity index (χ0n) is 7.39. The SMILES string of the molecule is O=c1c(CI)coc2c(Cl)cc(Cl)cc12. The van der Waals surface area contributed by atoms with Crippen LogP contribution >= 0.6 is 45.8 Å². The Bertz CT molecular complexity index is 577. The van der Waals surface area contributed by atoms with Crippen molar-refractivity contribution in [1.29, 1.82) is 0 Å². The lowest BCUT2D eigenvalue weighted by Crippen LogP contribution is -2.06. The molecular formula is C10H5Cl2IO2. The van der Waals surface area contributed by atoms with Crippen molar-refractivity contribution in [2.45, 2.75) is 4.43 Å². The molecule has 2 rings (SSSR count). The van der Waals surface area contributed by atoms with Crippen LogP contribution in [0.15, 0.2) is 27.6 Å². The maximum Gasteiger partial charge on any atom is 0.196 e. The number of hydrogen-bond donors (Lipinski definition) is 0. The number of hydrogen-bond acceptors (Lipinski definition) is 2. The Balaban J connectivity index is 2.93.